The molecule has 2 unspecified atom stereocenters. The van der Waals surface area contributed by atoms with Gasteiger partial charge < -0.3 is 10.3 Å². The summed E-state index contributed by atoms with van der Waals surface area (Å²) in [6, 6.07) is 2.43. The van der Waals surface area contributed by atoms with Crippen LogP contribution in [0.5, 0.6) is 0 Å². The number of piperidine rings is 1. The van der Waals surface area contributed by atoms with E-state index in [4.69, 9.17) is 10.3 Å². The molecule has 0 amide bonds. The molecule has 1 saturated heterocycles. The highest BCUT2D eigenvalue weighted by molar-refractivity contribution is 7.08. The van der Waals surface area contributed by atoms with Crippen LogP contribution in [0.1, 0.15) is 25.6 Å². The van der Waals surface area contributed by atoms with E-state index in [0.717, 1.165) is 36.8 Å². The lowest BCUT2D eigenvalue weighted by Crippen LogP contribution is -2.45. The molecule has 5 nitrogen and oxygen atoms in total. The maximum atomic E-state index is 5.89. The number of thiophene rings is 1. The second kappa shape index (κ2) is 6.03. The number of hydrogen-bond donors (Lipinski definition) is 1. The zero-order valence-electron chi connectivity index (χ0n) is 11.7. The lowest BCUT2D eigenvalue weighted by atomic mass is 9.92. The molecule has 0 aromatic carbocycles. The number of rotatable bonds is 4. The highest BCUT2D eigenvalue weighted by atomic mass is 32.1. The topological polar surface area (TPSA) is 68.2 Å². The first kappa shape index (κ1) is 13.7. The molecule has 0 spiro atoms. The molecule has 20 heavy (non-hydrogen) atoms. The Hall–Kier alpha value is -1.24. The van der Waals surface area contributed by atoms with E-state index in [1.54, 1.807) is 11.3 Å². The summed E-state index contributed by atoms with van der Waals surface area (Å²) >= 11 is 1.63. The molecule has 1 aliphatic rings. The fourth-order valence-electron chi connectivity index (χ4n) is 2.76. The van der Waals surface area contributed by atoms with Crippen LogP contribution < -0.4 is 5.73 Å². The van der Waals surface area contributed by atoms with Crippen LogP contribution >= 0.6 is 11.3 Å². The summed E-state index contributed by atoms with van der Waals surface area (Å²) in [6.07, 6.45) is 2.37. The zero-order valence-corrected chi connectivity index (χ0v) is 12.5. The molecular formula is C14H20N4OS. The van der Waals surface area contributed by atoms with Gasteiger partial charge in [0.25, 0.3) is 5.89 Å². The quantitative estimate of drug-likeness (QED) is 0.937. The molecule has 2 N–H and O–H groups in total. The minimum absolute atomic E-state index is 0.432. The molecule has 1 aliphatic heterocycles. The van der Waals surface area contributed by atoms with Gasteiger partial charge in [0, 0.05) is 18.0 Å². The minimum Gasteiger partial charge on any atom is -0.334 e. The zero-order chi connectivity index (χ0) is 13.9. The van der Waals surface area contributed by atoms with E-state index in [9.17, 15) is 0 Å². The molecule has 2 aromatic rings. The van der Waals surface area contributed by atoms with E-state index >= 15 is 0 Å². The second-order valence-electron chi connectivity index (χ2n) is 5.52. The molecule has 2 atom stereocenters. The van der Waals surface area contributed by atoms with Crippen LogP contribution in [0.3, 0.4) is 0 Å². The molecular weight excluding hydrogens is 272 g/mol. The Morgan fingerprint density at radius 1 is 1.55 bits per heavy atom. The average molecular weight is 292 g/mol. The molecule has 0 saturated carbocycles. The molecule has 108 valence electrons. The first-order valence-corrected chi connectivity index (χ1v) is 8.00. The number of nitrogens with zero attached hydrogens (tertiary/aromatic N) is 3. The molecule has 3 rings (SSSR count). The Labute approximate surface area is 122 Å². The number of nitrogens with two attached hydrogens (primary N) is 1. The Balaban J connectivity index is 1.68. The van der Waals surface area contributed by atoms with Crippen molar-refractivity contribution in [1.82, 2.24) is 15.0 Å². The van der Waals surface area contributed by atoms with Gasteiger partial charge in [-0.1, -0.05) is 12.1 Å². The number of aromatic nitrogens is 2. The first-order chi connectivity index (χ1) is 9.76. The van der Waals surface area contributed by atoms with Crippen LogP contribution in [0.25, 0.3) is 11.5 Å². The van der Waals surface area contributed by atoms with Crippen molar-refractivity contribution in [3.05, 3.63) is 22.7 Å². The Kier molecular flexibility index (Phi) is 4.14. The van der Waals surface area contributed by atoms with Gasteiger partial charge in [-0.05, 0) is 36.8 Å². The summed E-state index contributed by atoms with van der Waals surface area (Å²) in [6.45, 7) is 4.77. The molecule has 0 radical (unpaired) electrons. The smallest absolute Gasteiger partial charge is 0.258 e. The van der Waals surface area contributed by atoms with Gasteiger partial charge in [0.1, 0.15) is 0 Å². The van der Waals surface area contributed by atoms with E-state index in [1.165, 1.54) is 6.42 Å². The van der Waals surface area contributed by atoms with Crippen LogP contribution in [0.4, 0.5) is 0 Å². The summed E-state index contributed by atoms with van der Waals surface area (Å²) in [5, 5.41) is 8.12. The van der Waals surface area contributed by atoms with Gasteiger partial charge in [-0.2, -0.15) is 16.3 Å². The summed E-state index contributed by atoms with van der Waals surface area (Å²) in [7, 11) is 0. The predicted molar refractivity (Wildman–Crippen MR) is 79.3 cm³/mol. The Morgan fingerprint density at radius 3 is 3.20 bits per heavy atom. The van der Waals surface area contributed by atoms with E-state index in [-0.39, 0.29) is 0 Å². The third-order valence-corrected chi connectivity index (χ3v) is 4.64. The third kappa shape index (κ3) is 2.92. The SMILES string of the molecule is CC1CCN(Cc2noc(-c3ccsc3)n2)C(CN)C1. The van der Waals surface area contributed by atoms with Gasteiger partial charge in [-0.25, -0.2) is 0 Å². The van der Waals surface area contributed by atoms with Crippen molar-refractivity contribution in [2.45, 2.75) is 32.4 Å². The lowest BCUT2D eigenvalue weighted by Gasteiger charge is -2.37. The monoisotopic (exact) mass is 292 g/mol. The fraction of sp³-hybridized carbons (Fsp3) is 0.571. The molecule has 6 heteroatoms. The summed E-state index contributed by atoms with van der Waals surface area (Å²) in [4.78, 5) is 6.86. The predicted octanol–water partition coefficient (Wildman–Crippen LogP) is 2.36. The van der Waals surface area contributed by atoms with Crippen molar-refractivity contribution < 1.29 is 4.52 Å². The number of hydrogen-bond acceptors (Lipinski definition) is 6. The maximum Gasteiger partial charge on any atom is 0.258 e. The van der Waals surface area contributed by atoms with E-state index in [1.807, 2.05) is 16.8 Å². The Morgan fingerprint density at radius 2 is 2.45 bits per heavy atom. The molecule has 0 aliphatic carbocycles. The van der Waals surface area contributed by atoms with Crippen LogP contribution in [0.15, 0.2) is 21.3 Å². The van der Waals surface area contributed by atoms with Gasteiger partial charge in [0.05, 0.1) is 12.1 Å². The summed E-state index contributed by atoms with van der Waals surface area (Å²) in [5.74, 6) is 2.11. The van der Waals surface area contributed by atoms with Crippen molar-refractivity contribution in [1.29, 1.82) is 0 Å². The van der Waals surface area contributed by atoms with Gasteiger partial charge in [-0.3, -0.25) is 4.90 Å². The van der Waals surface area contributed by atoms with Gasteiger partial charge >= 0.3 is 0 Å². The first-order valence-electron chi connectivity index (χ1n) is 7.05. The molecule has 0 bridgehead atoms. The standard InChI is InChI=1S/C14H20N4OS/c1-10-2-4-18(12(6-10)7-15)8-13-16-14(19-17-13)11-3-5-20-9-11/h3,5,9-10,12H,2,4,6-8,15H2,1H3. The van der Waals surface area contributed by atoms with Crippen LogP contribution in [-0.2, 0) is 6.54 Å². The van der Waals surface area contributed by atoms with E-state index < -0.39 is 0 Å². The Bertz CT molecular complexity index is 539. The van der Waals surface area contributed by atoms with Crippen molar-refractivity contribution >= 4 is 11.3 Å². The fourth-order valence-corrected chi connectivity index (χ4v) is 3.39. The van der Waals surface area contributed by atoms with Crippen molar-refractivity contribution in [3.63, 3.8) is 0 Å². The maximum absolute atomic E-state index is 5.89. The average Bonchev–Trinajstić information content (AvgIpc) is 3.11. The molecule has 2 aromatic heterocycles. The molecule has 3 heterocycles. The van der Waals surface area contributed by atoms with Crippen LogP contribution in [-0.4, -0.2) is 34.2 Å². The third-order valence-electron chi connectivity index (χ3n) is 3.95. The largest absolute Gasteiger partial charge is 0.334 e. The van der Waals surface area contributed by atoms with Crippen LogP contribution in [0, 0.1) is 5.92 Å². The molecule has 1 fully saturated rings. The second-order valence-corrected chi connectivity index (χ2v) is 6.30. The van der Waals surface area contributed by atoms with Crippen LogP contribution in [0.2, 0.25) is 0 Å². The van der Waals surface area contributed by atoms with E-state index in [2.05, 4.69) is 22.0 Å². The van der Waals surface area contributed by atoms with Crippen molar-refractivity contribution in [3.8, 4) is 11.5 Å². The summed E-state index contributed by atoms with van der Waals surface area (Å²) in [5.41, 5.74) is 6.88. The number of likely N-dealkylation sites (tertiary alicyclic amines) is 1. The highest BCUT2D eigenvalue weighted by Crippen LogP contribution is 2.24. The van der Waals surface area contributed by atoms with Gasteiger partial charge in [-0.15, -0.1) is 0 Å². The summed E-state index contributed by atoms with van der Waals surface area (Å²) < 4.78 is 5.33. The highest BCUT2D eigenvalue weighted by Gasteiger charge is 2.26. The van der Waals surface area contributed by atoms with Crippen molar-refractivity contribution in [2.24, 2.45) is 11.7 Å². The lowest BCUT2D eigenvalue weighted by molar-refractivity contribution is 0.111. The van der Waals surface area contributed by atoms with Gasteiger partial charge in [0.2, 0.25) is 0 Å². The van der Waals surface area contributed by atoms with E-state index in [0.29, 0.717) is 18.5 Å². The van der Waals surface area contributed by atoms with Gasteiger partial charge in [0.15, 0.2) is 5.82 Å². The van der Waals surface area contributed by atoms with Crippen molar-refractivity contribution in [2.75, 3.05) is 13.1 Å². The normalized spacial score (nSPS) is 24.1. The minimum atomic E-state index is 0.432.